The van der Waals surface area contributed by atoms with Crippen molar-refractivity contribution in [3.8, 4) is 0 Å². The number of hydrogen-bond donors (Lipinski definition) is 1. The molecule has 0 spiro atoms. The van der Waals surface area contributed by atoms with Crippen LogP contribution in [0.4, 0.5) is 0 Å². The number of Topliss-reactive ketones (excluding diaryl/α,β-unsaturated/α-hetero) is 1. The summed E-state index contributed by atoms with van der Waals surface area (Å²) in [6.07, 6.45) is 19.5. The van der Waals surface area contributed by atoms with Gasteiger partial charge in [-0.25, -0.2) is 0 Å². The van der Waals surface area contributed by atoms with Gasteiger partial charge in [0.1, 0.15) is 7.11 Å². The quantitative estimate of drug-likeness (QED) is 0.185. The van der Waals surface area contributed by atoms with Gasteiger partial charge in [-0.1, -0.05) is 102 Å². The molecule has 1 aromatic carbocycles. The number of ketones is 1. The minimum atomic E-state index is 0.0169. The van der Waals surface area contributed by atoms with Gasteiger partial charge in [0, 0.05) is 30.3 Å². The summed E-state index contributed by atoms with van der Waals surface area (Å²) in [6.45, 7) is 2.64. The lowest BCUT2D eigenvalue weighted by atomic mass is 10.0. The summed E-state index contributed by atoms with van der Waals surface area (Å²) in [6, 6.07) is 7.68. The predicted octanol–water partition coefficient (Wildman–Crippen LogP) is 6.87. The van der Waals surface area contributed by atoms with Gasteiger partial charge in [-0.2, -0.15) is 4.73 Å². The average Bonchev–Trinajstić information content (AvgIpc) is 3.21. The number of unbranched alkanes of at least 4 members (excludes halogenated alkanes) is 12. The van der Waals surface area contributed by atoms with Crippen LogP contribution in [0.5, 0.6) is 0 Å². The molecule has 0 bridgehead atoms. The van der Waals surface area contributed by atoms with E-state index in [-0.39, 0.29) is 11.7 Å². The van der Waals surface area contributed by atoms with Crippen molar-refractivity contribution in [1.29, 1.82) is 0 Å². The van der Waals surface area contributed by atoms with Crippen molar-refractivity contribution in [3.05, 3.63) is 36.0 Å². The number of benzene rings is 1. The third-order valence-corrected chi connectivity index (χ3v) is 6.36. The highest BCUT2D eigenvalue weighted by Gasteiger charge is 2.15. The molecule has 0 radical (unpaired) electrons. The number of fused-ring (bicyclic) bond motifs is 1. The van der Waals surface area contributed by atoms with Gasteiger partial charge in [0.15, 0.2) is 5.78 Å². The largest absolute Gasteiger partial charge is 0.417 e. The van der Waals surface area contributed by atoms with Crippen molar-refractivity contribution < 1.29 is 14.4 Å². The summed E-state index contributed by atoms with van der Waals surface area (Å²) >= 11 is 0. The number of carbonyl (C=O) groups is 2. The molecule has 0 atom stereocenters. The zero-order valence-corrected chi connectivity index (χ0v) is 20.9. The summed E-state index contributed by atoms with van der Waals surface area (Å²) in [4.78, 5) is 30.0. The van der Waals surface area contributed by atoms with Crippen LogP contribution in [0.2, 0.25) is 0 Å². The molecule has 5 heteroatoms. The molecule has 33 heavy (non-hydrogen) atoms. The van der Waals surface area contributed by atoms with Crippen LogP contribution in [0.15, 0.2) is 30.5 Å². The maximum atomic E-state index is 12.6. The second-order valence-corrected chi connectivity index (χ2v) is 9.08. The van der Waals surface area contributed by atoms with Crippen LogP contribution in [0, 0.1) is 0 Å². The smallest absolute Gasteiger partial charge is 0.220 e. The highest BCUT2D eigenvalue weighted by molar-refractivity contribution is 6.08. The molecule has 184 valence electrons. The number of nitrogens with zero attached hydrogens (tertiary/aromatic N) is 1. The Morgan fingerprint density at radius 1 is 0.818 bits per heavy atom. The Morgan fingerprint density at radius 3 is 2.00 bits per heavy atom. The molecule has 0 aliphatic rings. The molecule has 5 nitrogen and oxygen atoms in total. The molecule has 0 fully saturated rings. The molecule has 0 saturated heterocycles. The van der Waals surface area contributed by atoms with Crippen molar-refractivity contribution in [3.63, 3.8) is 0 Å². The summed E-state index contributed by atoms with van der Waals surface area (Å²) in [5.41, 5.74) is 1.51. The van der Waals surface area contributed by atoms with E-state index in [1.54, 1.807) is 18.0 Å². The Hall–Kier alpha value is -2.30. The van der Waals surface area contributed by atoms with Crippen molar-refractivity contribution in [2.75, 3.05) is 13.7 Å². The van der Waals surface area contributed by atoms with Gasteiger partial charge in [-0.05, 0) is 12.5 Å². The maximum Gasteiger partial charge on any atom is 0.220 e. The first-order valence-corrected chi connectivity index (χ1v) is 13.1. The zero-order valence-electron chi connectivity index (χ0n) is 20.9. The van der Waals surface area contributed by atoms with E-state index in [2.05, 4.69) is 12.2 Å². The third kappa shape index (κ3) is 10.0. The summed E-state index contributed by atoms with van der Waals surface area (Å²) in [7, 11) is 1.58. The molecule has 0 aliphatic heterocycles. The van der Waals surface area contributed by atoms with E-state index in [0.29, 0.717) is 24.9 Å². The van der Waals surface area contributed by atoms with Crippen LogP contribution in [0.1, 0.15) is 114 Å². The van der Waals surface area contributed by atoms with Gasteiger partial charge in [0.25, 0.3) is 0 Å². The molecule has 0 saturated carbocycles. The number of aromatic nitrogens is 1. The van der Waals surface area contributed by atoms with Crippen LogP contribution in [0.3, 0.4) is 0 Å². The standard InChI is InChI=1S/C28H44N2O3/c1-3-4-5-6-7-8-9-10-11-12-13-14-15-20-28(32)29-22-21-27(31)25-23-30(33-2)26-19-17-16-18-24(25)26/h16-19,23H,3-15,20-22H2,1-2H3,(H,29,32). The Balaban J connectivity index is 1.48. The molecule has 1 N–H and O–H groups in total. The second kappa shape index (κ2) is 16.3. The van der Waals surface area contributed by atoms with E-state index < -0.39 is 0 Å². The van der Waals surface area contributed by atoms with E-state index >= 15 is 0 Å². The first kappa shape index (κ1) is 26.9. The van der Waals surface area contributed by atoms with Gasteiger partial charge in [0.2, 0.25) is 5.91 Å². The van der Waals surface area contributed by atoms with Gasteiger partial charge in [-0.15, -0.1) is 0 Å². The van der Waals surface area contributed by atoms with Gasteiger partial charge >= 0.3 is 0 Å². The van der Waals surface area contributed by atoms with Crippen molar-refractivity contribution >= 4 is 22.6 Å². The molecule has 0 unspecified atom stereocenters. The second-order valence-electron chi connectivity index (χ2n) is 9.08. The number of hydrogen-bond acceptors (Lipinski definition) is 3. The fourth-order valence-corrected chi connectivity index (χ4v) is 4.36. The lowest BCUT2D eigenvalue weighted by Crippen LogP contribution is -2.25. The lowest BCUT2D eigenvalue weighted by Gasteiger charge is -2.05. The predicted molar refractivity (Wildman–Crippen MR) is 137 cm³/mol. The monoisotopic (exact) mass is 456 g/mol. The average molecular weight is 457 g/mol. The van der Waals surface area contributed by atoms with Gasteiger partial charge in [0.05, 0.1) is 11.7 Å². The maximum absolute atomic E-state index is 12.6. The first-order valence-electron chi connectivity index (χ1n) is 13.1. The molecule has 1 heterocycles. The topological polar surface area (TPSA) is 60.3 Å². The molecule has 2 aromatic rings. The van der Waals surface area contributed by atoms with Gasteiger partial charge < -0.3 is 10.2 Å². The van der Waals surface area contributed by atoms with E-state index in [4.69, 9.17) is 4.84 Å². The summed E-state index contributed by atoms with van der Waals surface area (Å²) < 4.78 is 1.61. The van der Waals surface area contributed by atoms with E-state index in [0.717, 1.165) is 23.7 Å². The highest BCUT2D eigenvalue weighted by Crippen LogP contribution is 2.21. The molecule has 1 aromatic heterocycles. The molecular formula is C28H44N2O3. The van der Waals surface area contributed by atoms with Crippen molar-refractivity contribution in [2.45, 2.75) is 103 Å². The number of rotatable bonds is 19. The summed E-state index contributed by atoms with van der Waals surface area (Å²) in [5, 5.41) is 3.78. The normalized spacial score (nSPS) is 11.1. The van der Waals surface area contributed by atoms with Crippen LogP contribution in [-0.4, -0.2) is 30.1 Å². The summed E-state index contributed by atoms with van der Waals surface area (Å²) in [5.74, 6) is 0.0634. The fourth-order valence-electron chi connectivity index (χ4n) is 4.36. The van der Waals surface area contributed by atoms with Gasteiger partial charge in [-0.3, -0.25) is 9.59 Å². The van der Waals surface area contributed by atoms with Crippen LogP contribution in [-0.2, 0) is 4.79 Å². The van der Waals surface area contributed by atoms with E-state index in [1.165, 1.54) is 70.6 Å². The van der Waals surface area contributed by atoms with Crippen LogP contribution >= 0.6 is 0 Å². The Kier molecular flexibility index (Phi) is 13.3. The Labute approximate surface area is 200 Å². The number of amides is 1. The molecule has 2 rings (SSSR count). The van der Waals surface area contributed by atoms with E-state index in [1.807, 2.05) is 24.3 Å². The van der Waals surface area contributed by atoms with Crippen LogP contribution < -0.4 is 10.2 Å². The van der Waals surface area contributed by atoms with E-state index in [9.17, 15) is 9.59 Å². The third-order valence-electron chi connectivity index (χ3n) is 6.36. The van der Waals surface area contributed by atoms with Crippen LogP contribution in [0.25, 0.3) is 10.9 Å². The number of nitrogens with one attached hydrogen (secondary N) is 1. The Morgan fingerprint density at radius 2 is 1.39 bits per heavy atom. The lowest BCUT2D eigenvalue weighted by molar-refractivity contribution is -0.121. The van der Waals surface area contributed by atoms with Crippen molar-refractivity contribution in [1.82, 2.24) is 10.0 Å². The minimum Gasteiger partial charge on any atom is -0.417 e. The molecular weight excluding hydrogens is 412 g/mol. The molecule has 1 amide bonds. The minimum absolute atomic E-state index is 0.0169. The first-order chi connectivity index (χ1) is 16.2. The number of carbonyl (C=O) groups excluding carboxylic acids is 2. The highest BCUT2D eigenvalue weighted by atomic mass is 16.6. The Bertz CT molecular complexity index is 828. The van der Waals surface area contributed by atoms with Crippen molar-refractivity contribution in [2.24, 2.45) is 0 Å². The zero-order chi connectivity index (χ0) is 23.7. The number of para-hydroxylation sites is 1. The SMILES string of the molecule is CCCCCCCCCCCCCCCC(=O)NCCC(=O)c1cn(OC)c2ccccc12. The fraction of sp³-hybridized carbons (Fsp3) is 0.643. The molecule has 0 aliphatic carbocycles.